The van der Waals surface area contributed by atoms with Crippen molar-refractivity contribution < 1.29 is 19.1 Å². The van der Waals surface area contributed by atoms with Crippen LogP contribution < -0.4 is 21.3 Å². The summed E-state index contributed by atoms with van der Waals surface area (Å²) in [6, 6.07) is 15.7. The van der Waals surface area contributed by atoms with Crippen LogP contribution in [0, 0.1) is 6.92 Å². The van der Waals surface area contributed by atoms with E-state index in [1.54, 1.807) is 30.6 Å². The Labute approximate surface area is 414 Å². The number of rotatable bonds is 18. The maximum Gasteiger partial charge on any atom is 0.284 e. The molecule has 9 rings (SSSR count). The summed E-state index contributed by atoms with van der Waals surface area (Å²) in [6.45, 7) is 9.29. The van der Waals surface area contributed by atoms with Gasteiger partial charge in [-0.25, -0.2) is 15.0 Å². The number of hydrogen-bond acceptors (Lipinski definition) is 15. The first-order valence-corrected chi connectivity index (χ1v) is 25.8. The maximum absolute atomic E-state index is 13.9. The molecule has 3 aliphatic rings. The van der Waals surface area contributed by atoms with E-state index in [2.05, 4.69) is 75.7 Å². The van der Waals surface area contributed by atoms with Crippen molar-refractivity contribution in [2.75, 3.05) is 83.5 Å². The summed E-state index contributed by atoms with van der Waals surface area (Å²) in [6.07, 6.45) is 12.1. The molecule has 6 aromatic rings. The van der Waals surface area contributed by atoms with Crippen molar-refractivity contribution in [1.82, 2.24) is 60.0 Å². The van der Waals surface area contributed by atoms with Crippen molar-refractivity contribution >= 4 is 69.3 Å². The number of carbonyl (C=O) groups excluding carboxylic acids is 3. The SMILES string of the molecule is Cc1cc(-n2ccnc2)ccc1CSc1nnc(C(=O)N2CCC(OCCNCC(=O)N3CCN(CC[C@H](NC(=O)C4(N)CCN(c5ncnc6[nH]ccc56)CC4)c4ccc(Cl)cc4)CC3)CC2)s1. The minimum absolute atomic E-state index is 0.0540. The minimum atomic E-state index is -1.01. The van der Waals surface area contributed by atoms with Gasteiger partial charge in [0.2, 0.25) is 16.8 Å². The van der Waals surface area contributed by atoms with Gasteiger partial charge in [-0.3, -0.25) is 19.3 Å². The third kappa shape index (κ3) is 12.1. The Morgan fingerprint density at radius 3 is 2.54 bits per heavy atom. The molecular formula is C48H59ClN14O4S2. The number of aryl methyl sites for hydroxylation is 1. The van der Waals surface area contributed by atoms with Crippen LogP contribution in [0.25, 0.3) is 16.7 Å². The second-order valence-electron chi connectivity index (χ2n) is 18.0. The third-order valence-electron chi connectivity index (χ3n) is 13.5. The van der Waals surface area contributed by atoms with E-state index in [1.807, 2.05) is 57.1 Å². The Morgan fingerprint density at radius 2 is 1.78 bits per heavy atom. The van der Waals surface area contributed by atoms with Crippen molar-refractivity contribution in [3.05, 3.63) is 106 Å². The number of halogens is 1. The number of aromatic nitrogens is 7. The third-order valence-corrected chi connectivity index (χ3v) is 15.8. The van der Waals surface area contributed by atoms with Gasteiger partial charge in [-0.15, -0.1) is 10.2 Å². The highest BCUT2D eigenvalue weighted by atomic mass is 35.5. The number of amides is 3. The van der Waals surface area contributed by atoms with Crippen molar-refractivity contribution in [3.8, 4) is 5.69 Å². The van der Waals surface area contributed by atoms with Gasteiger partial charge in [0.05, 0.1) is 42.5 Å². The van der Waals surface area contributed by atoms with Crippen LogP contribution in [0.15, 0.2) is 84.1 Å². The number of piperidine rings is 2. The van der Waals surface area contributed by atoms with Crippen LogP contribution in [0.1, 0.15) is 64.6 Å². The van der Waals surface area contributed by atoms with Gasteiger partial charge in [0, 0.05) is 101 Å². The quantitative estimate of drug-likeness (QED) is 0.0671. The monoisotopic (exact) mass is 994 g/mol. The van der Waals surface area contributed by atoms with E-state index in [0.717, 1.165) is 70.7 Å². The average molecular weight is 996 g/mol. The highest BCUT2D eigenvalue weighted by Crippen LogP contribution is 2.31. The van der Waals surface area contributed by atoms with Gasteiger partial charge in [-0.2, -0.15) is 0 Å². The molecule has 0 saturated carbocycles. The minimum Gasteiger partial charge on any atom is -0.377 e. The highest BCUT2D eigenvalue weighted by molar-refractivity contribution is 8.00. The average Bonchev–Trinajstić information content (AvgIpc) is 4.19. The largest absolute Gasteiger partial charge is 0.377 e. The molecule has 0 bridgehead atoms. The van der Waals surface area contributed by atoms with Crippen LogP contribution in [-0.4, -0.2) is 157 Å². The lowest BCUT2D eigenvalue weighted by molar-refractivity contribution is -0.132. The van der Waals surface area contributed by atoms with Crippen LogP contribution in [-0.2, 0) is 20.1 Å². The normalized spacial score (nSPS) is 17.3. The standard InChI is InChI=1S/C48H59ClN14O4S2/c1-33-28-37(63-22-15-52-32-63)7-4-35(33)30-68-47-58-57-44(69-47)45(65)62-18-9-38(10-19-62)67-27-16-51-29-41(64)60-25-23-59(24-26-60)17-11-40(34-2-5-36(49)6-3-34)56-46(66)48(50)12-20-61(21-13-48)43-39-8-14-53-42(39)54-31-55-43/h2-8,14-15,22,28,31-32,38,40,51H,9-13,16-21,23-27,29-30,50H2,1H3,(H,56,66)(H,53,54,55)/t40-/m0/s1. The van der Waals surface area contributed by atoms with E-state index in [-0.39, 0.29) is 36.4 Å². The number of thioether (sulfide) groups is 1. The molecule has 0 unspecified atom stereocenters. The van der Waals surface area contributed by atoms with Crippen LogP contribution in [0.4, 0.5) is 5.82 Å². The Bertz CT molecular complexity index is 2660. The van der Waals surface area contributed by atoms with Gasteiger partial charge in [0.25, 0.3) is 5.91 Å². The first kappa shape index (κ1) is 48.5. The number of carbonyl (C=O) groups is 3. The molecule has 3 aliphatic heterocycles. The summed E-state index contributed by atoms with van der Waals surface area (Å²) in [5, 5.41) is 17.1. The van der Waals surface area contributed by atoms with Crippen molar-refractivity contribution in [1.29, 1.82) is 0 Å². The Hall–Kier alpha value is -5.48. The summed E-state index contributed by atoms with van der Waals surface area (Å²) in [4.78, 5) is 64.7. The van der Waals surface area contributed by atoms with Crippen molar-refractivity contribution in [2.45, 2.75) is 66.8 Å². The topological polar surface area (TPSA) is 209 Å². The van der Waals surface area contributed by atoms with Crippen LogP contribution in [0.5, 0.6) is 0 Å². The van der Waals surface area contributed by atoms with Gasteiger partial charge in [-0.1, -0.05) is 52.9 Å². The number of ether oxygens (including phenoxy) is 1. The molecule has 1 atom stereocenters. The van der Waals surface area contributed by atoms with Crippen LogP contribution in [0.2, 0.25) is 5.02 Å². The fourth-order valence-corrected chi connectivity index (χ4v) is 11.2. The second-order valence-corrected chi connectivity index (χ2v) is 20.6. The van der Waals surface area contributed by atoms with Gasteiger partial charge in [0.15, 0.2) is 4.34 Å². The number of nitrogens with two attached hydrogens (primary N) is 1. The summed E-state index contributed by atoms with van der Waals surface area (Å²) < 4.78 is 8.89. The van der Waals surface area contributed by atoms with E-state index in [0.29, 0.717) is 81.7 Å². The number of likely N-dealkylation sites (tertiary alicyclic amines) is 1. The summed E-state index contributed by atoms with van der Waals surface area (Å²) in [5.74, 6) is 1.41. The number of hydrogen-bond donors (Lipinski definition) is 4. The van der Waals surface area contributed by atoms with Gasteiger partial charge >= 0.3 is 0 Å². The molecule has 3 fully saturated rings. The van der Waals surface area contributed by atoms with Crippen molar-refractivity contribution in [2.24, 2.45) is 5.73 Å². The molecule has 0 spiro atoms. The van der Waals surface area contributed by atoms with Crippen LogP contribution in [0.3, 0.4) is 0 Å². The highest BCUT2D eigenvalue weighted by Gasteiger charge is 2.39. The zero-order valence-electron chi connectivity index (χ0n) is 38.8. The maximum atomic E-state index is 13.9. The molecule has 5 N–H and O–H groups in total. The van der Waals surface area contributed by atoms with E-state index in [1.165, 1.54) is 22.5 Å². The van der Waals surface area contributed by atoms with Crippen molar-refractivity contribution in [3.63, 3.8) is 0 Å². The number of benzene rings is 2. The number of aromatic amines is 1. The Balaban J connectivity index is 0.648. The summed E-state index contributed by atoms with van der Waals surface area (Å²) >= 11 is 9.18. The summed E-state index contributed by atoms with van der Waals surface area (Å²) in [5.41, 5.74) is 11.0. The van der Waals surface area contributed by atoms with Crippen LogP contribution >= 0.6 is 34.7 Å². The Kier molecular flexibility index (Phi) is 15.8. The van der Waals surface area contributed by atoms with E-state index in [9.17, 15) is 14.4 Å². The number of H-pyrrole nitrogens is 1. The second kappa shape index (κ2) is 22.5. The van der Waals surface area contributed by atoms with E-state index in [4.69, 9.17) is 22.1 Å². The zero-order valence-corrected chi connectivity index (χ0v) is 41.2. The molecule has 0 aliphatic carbocycles. The van der Waals surface area contributed by atoms with E-state index >= 15 is 0 Å². The van der Waals surface area contributed by atoms with Gasteiger partial charge in [0.1, 0.15) is 17.8 Å². The molecule has 2 aromatic carbocycles. The van der Waals surface area contributed by atoms with Gasteiger partial charge < -0.3 is 45.4 Å². The zero-order chi connectivity index (χ0) is 47.7. The molecule has 0 radical (unpaired) electrons. The molecule has 364 valence electrons. The molecule has 7 heterocycles. The predicted octanol–water partition coefficient (Wildman–Crippen LogP) is 4.85. The molecule has 69 heavy (non-hydrogen) atoms. The summed E-state index contributed by atoms with van der Waals surface area (Å²) in [7, 11) is 0. The molecule has 4 aromatic heterocycles. The lowest BCUT2D eigenvalue weighted by atomic mass is 9.87. The number of piperazine rings is 1. The molecule has 21 heteroatoms. The fraction of sp³-hybridized carbons (Fsp3) is 0.458. The number of anilines is 1. The number of imidazole rings is 1. The predicted molar refractivity (Wildman–Crippen MR) is 268 cm³/mol. The molecule has 18 nitrogen and oxygen atoms in total. The Morgan fingerprint density at radius 1 is 0.986 bits per heavy atom. The first-order valence-electron chi connectivity index (χ1n) is 23.6. The number of nitrogens with zero attached hydrogens (tertiary/aromatic N) is 10. The smallest absolute Gasteiger partial charge is 0.284 e. The lowest BCUT2D eigenvalue weighted by Gasteiger charge is -2.39. The van der Waals surface area contributed by atoms with Gasteiger partial charge in [-0.05, 0) is 86.1 Å². The lowest BCUT2D eigenvalue weighted by Crippen LogP contribution is -2.60. The molecule has 3 saturated heterocycles. The first-order chi connectivity index (χ1) is 33.6. The fourth-order valence-electron chi connectivity index (χ4n) is 9.18. The molecular weight excluding hydrogens is 936 g/mol. The molecule has 3 amide bonds. The number of nitrogens with one attached hydrogen (secondary N) is 3. The van der Waals surface area contributed by atoms with E-state index < -0.39 is 5.54 Å². The number of fused-ring (bicyclic) bond motifs is 1.